The van der Waals surface area contributed by atoms with Crippen LogP contribution in [0.5, 0.6) is 0 Å². The van der Waals surface area contributed by atoms with Crippen molar-refractivity contribution in [3.05, 3.63) is 0 Å². The summed E-state index contributed by atoms with van der Waals surface area (Å²) in [5.74, 6) is -0.490. The summed E-state index contributed by atoms with van der Waals surface area (Å²) in [6.07, 6.45) is -3.45. The fourth-order valence-electron chi connectivity index (χ4n) is 2.26. The normalized spacial score (nSPS) is 33.6. The van der Waals surface area contributed by atoms with Crippen LogP contribution >= 0.6 is 0 Å². The molecule has 0 spiro atoms. The van der Waals surface area contributed by atoms with Crippen LogP contribution in [-0.4, -0.2) is 57.2 Å². The molecular formula is C15H30O6Si. The fraction of sp³-hybridized carbons (Fsp3) is 0.933. The van der Waals surface area contributed by atoms with Gasteiger partial charge in [0.25, 0.3) is 0 Å². The van der Waals surface area contributed by atoms with Gasteiger partial charge in [0.05, 0.1) is 6.10 Å². The van der Waals surface area contributed by atoms with Gasteiger partial charge in [-0.2, -0.15) is 0 Å². The average molecular weight is 334 g/mol. The molecule has 1 unspecified atom stereocenters. The summed E-state index contributed by atoms with van der Waals surface area (Å²) >= 11 is 0. The van der Waals surface area contributed by atoms with E-state index < -0.39 is 38.9 Å². The number of rotatable bonds is 4. The fourth-order valence-corrected chi connectivity index (χ4v) is 3.62. The lowest BCUT2D eigenvalue weighted by Gasteiger charge is -2.47. The van der Waals surface area contributed by atoms with Gasteiger partial charge in [-0.3, -0.25) is 4.79 Å². The van der Waals surface area contributed by atoms with Gasteiger partial charge >= 0.3 is 5.97 Å². The number of carbonyl (C=O) groups excluding carboxylic acids is 1. The molecule has 1 N–H and O–H groups in total. The first-order valence-corrected chi connectivity index (χ1v) is 10.5. The second kappa shape index (κ2) is 6.96. The zero-order valence-electron chi connectivity index (χ0n) is 14.9. The van der Waals surface area contributed by atoms with E-state index in [1.807, 2.05) is 6.92 Å². The molecule has 7 heteroatoms. The van der Waals surface area contributed by atoms with Crippen LogP contribution in [0.3, 0.4) is 0 Å². The molecule has 1 rings (SSSR count). The summed E-state index contributed by atoms with van der Waals surface area (Å²) in [5, 5.41) is 10.1. The van der Waals surface area contributed by atoms with Gasteiger partial charge in [0.1, 0.15) is 12.2 Å². The minimum Gasteiger partial charge on any atom is -0.454 e. The lowest BCUT2D eigenvalue weighted by Crippen LogP contribution is -2.62. The largest absolute Gasteiger partial charge is 0.454 e. The Balaban J connectivity index is 3.02. The first-order chi connectivity index (χ1) is 9.90. The number of ether oxygens (including phenoxy) is 3. The number of aliphatic hydroxyl groups excluding tert-OH is 1. The molecule has 0 radical (unpaired) electrons. The first-order valence-electron chi connectivity index (χ1n) is 7.62. The van der Waals surface area contributed by atoms with E-state index in [2.05, 4.69) is 33.9 Å². The summed E-state index contributed by atoms with van der Waals surface area (Å²) in [5.41, 5.74) is 0. The zero-order valence-corrected chi connectivity index (χ0v) is 15.9. The van der Waals surface area contributed by atoms with Crippen LogP contribution in [0.25, 0.3) is 0 Å². The Morgan fingerprint density at radius 1 is 1.18 bits per heavy atom. The second-order valence-corrected chi connectivity index (χ2v) is 12.1. The number of hydrogen-bond donors (Lipinski definition) is 1. The maximum Gasteiger partial charge on any atom is 0.303 e. The number of esters is 1. The topological polar surface area (TPSA) is 74.2 Å². The van der Waals surface area contributed by atoms with Gasteiger partial charge in [-0.25, -0.2) is 0 Å². The highest BCUT2D eigenvalue weighted by molar-refractivity contribution is 6.74. The van der Waals surface area contributed by atoms with Gasteiger partial charge in [0.2, 0.25) is 0 Å². The average Bonchev–Trinajstić information content (AvgIpc) is 2.33. The summed E-state index contributed by atoms with van der Waals surface area (Å²) in [7, 11) is -0.544. The van der Waals surface area contributed by atoms with Crippen molar-refractivity contribution < 1.29 is 28.5 Å². The lowest BCUT2D eigenvalue weighted by molar-refractivity contribution is -0.283. The van der Waals surface area contributed by atoms with Gasteiger partial charge in [0.15, 0.2) is 20.7 Å². The first kappa shape index (κ1) is 19.6. The minimum absolute atomic E-state index is 0.0258. The van der Waals surface area contributed by atoms with Crippen molar-refractivity contribution in [1.82, 2.24) is 0 Å². The van der Waals surface area contributed by atoms with Gasteiger partial charge in [-0.15, -0.1) is 0 Å². The van der Waals surface area contributed by atoms with Crippen LogP contribution in [0.4, 0.5) is 0 Å². The highest BCUT2D eigenvalue weighted by atomic mass is 28.4. The number of hydrogen-bond acceptors (Lipinski definition) is 6. The maximum atomic E-state index is 11.3. The third-order valence-corrected chi connectivity index (χ3v) is 9.03. The van der Waals surface area contributed by atoms with Crippen LogP contribution in [0.1, 0.15) is 34.6 Å². The maximum absolute atomic E-state index is 11.3. The molecule has 1 aliphatic heterocycles. The standard InChI is InChI=1S/C15H30O6Si/c1-9-11(21-22(7,8)15(3,4)5)12(18-6)13(14(17)19-9)20-10(2)16/h9,11-14,17H,1-8H3/t9-,11-,12+,13+,14?/m0/s1. The monoisotopic (exact) mass is 334 g/mol. The Morgan fingerprint density at radius 2 is 1.73 bits per heavy atom. The molecule has 5 atom stereocenters. The Labute approximate surface area is 134 Å². The van der Waals surface area contributed by atoms with Gasteiger partial charge in [-0.1, -0.05) is 20.8 Å². The third kappa shape index (κ3) is 4.29. The summed E-state index contributed by atoms with van der Waals surface area (Å²) < 4.78 is 22.6. The van der Waals surface area contributed by atoms with E-state index in [0.29, 0.717) is 0 Å². The molecule has 0 aromatic heterocycles. The van der Waals surface area contributed by atoms with Gasteiger partial charge < -0.3 is 23.7 Å². The van der Waals surface area contributed by atoms with E-state index in [0.717, 1.165) is 0 Å². The van der Waals surface area contributed by atoms with Crippen LogP contribution in [0.2, 0.25) is 18.1 Å². The minimum atomic E-state index is -2.07. The van der Waals surface area contributed by atoms with Crippen molar-refractivity contribution in [2.75, 3.05) is 7.11 Å². The van der Waals surface area contributed by atoms with Crippen molar-refractivity contribution >= 4 is 14.3 Å². The molecule has 0 aromatic carbocycles. The van der Waals surface area contributed by atoms with Gasteiger partial charge in [-0.05, 0) is 25.1 Å². The summed E-state index contributed by atoms with van der Waals surface area (Å²) in [4.78, 5) is 11.3. The van der Waals surface area contributed by atoms with E-state index in [4.69, 9.17) is 18.6 Å². The van der Waals surface area contributed by atoms with Crippen LogP contribution in [0.15, 0.2) is 0 Å². The van der Waals surface area contributed by atoms with Gasteiger partial charge in [0, 0.05) is 14.0 Å². The highest BCUT2D eigenvalue weighted by Gasteiger charge is 2.50. The predicted molar refractivity (Wildman–Crippen MR) is 85.0 cm³/mol. The van der Waals surface area contributed by atoms with Crippen molar-refractivity contribution in [2.45, 2.75) is 83.5 Å². The molecule has 130 valence electrons. The number of aliphatic hydroxyl groups is 1. The molecule has 22 heavy (non-hydrogen) atoms. The molecule has 0 bridgehead atoms. The Bertz CT molecular complexity index is 392. The van der Waals surface area contributed by atoms with Crippen LogP contribution in [-0.2, 0) is 23.4 Å². The number of carbonyl (C=O) groups is 1. The Morgan fingerprint density at radius 3 is 2.14 bits per heavy atom. The Hall–Kier alpha value is -0.473. The molecule has 0 amide bonds. The van der Waals surface area contributed by atoms with Crippen LogP contribution < -0.4 is 0 Å². The quantitative estimate of drug-likeness (QED) is 0.626. The van der Waals surface area contributed by atoms with Crippen molar-refractivity contribution in [3.63, 3.8) is 0 Å². The smallest absolute Gasteiger partial charge is 0.303 e. The van der Waals surface area contributed by atoms with E-state index >= 15 is 0 Å². The van der Waals surface area contributed by atoms with E-state index in [-0.39, 0.29) is 11.1 Å². The van der Waals surface area contributed by atoms with Crippen molar-refractivity contribution in [3.8, 4) is 0 Å². The molecule has 1 fully saturated rings. The van der Waals surface area contributed by atoms with Crippen LogP contribution in [0, 0.1) is 0 Å². The molecule has 0 aliphatic carbocycles. The SMILES string of the molecule is CO[C@@H]1[C@@H](O[Si](C)(C)C(C)(C)C)[C@H](C)OC(O)[C@@H]1OC(C)=O. The van der Waals surface area contributed by atoms with E-state index in [9.17, 15) is 9.90 Å². The van der Waals surface area contributed by atoms with E-state index in [1.165, 1.54) is 14.0 Å². The summed E-state index contributed by atoms with van der Waals surface area (Å²) in [6, 6.07) is 0. The number of methoxy groups -OCH3 is 1. The van der Waals surface area contributed by atoms with Crippen molar-refractivity contribution in [2.24, 2.45) is 0 Å². The molecule has 1 saturated heterocycles. The molecule has 0 aromatic rings. The second-order valence-electron chi connectivity index (χ2n) is 7.35. The zero-order chi connectivity index (χ0) is 17.3. The summed E-state index contributed by atoms with van der Waals surface area (Å²) in [6.45, 7) is 13.8. The molecule has 1 heterocycles. The molecular weight excluding hydrogens is 304 g/mol. The predicted octanol–water partition coefficient (Wildman–Crippen LogP) is 2.06. The third-order valence-electron chi connectivity index (χ3n) is 4.56. The Kier molecular flexibility index (Phi) is 6.20. The highest BCUT2D eigenvalue weighted by Crippen LogP contribution is 2.39. The van der Waals surface area contributed by atoms with E-state index in [1.54, 1.807) is 0 Å². The van der Waals surface area contributed by atoms with Crippen molar-refractivity contribution in [1.29, 1.82) is 0 Å². The molecule has 6 nitrogen and oxygen atoms in total. The lowest BCUT2D eigenvalue weighted by atomic mass is 9.99. The molecule has 1 aliphatic rings. The molecule has 0 saturated carbocycles.